The first-order chi connectivity index (χ1) is 10.0. The van der Waals surface area contributed by atoms with Crippen molar-refractivity contribution >= 4 is 27.8 Å². The van der Waals surface area contributed by atoms with Gasteiger partial charge in [-0.3, -0.25) is 0 Å². The van der Waals surface area contributed by atoms with Crippen LogP contribution in [0.15, 0.2) is 58.5 Å². The monoisotopic (exact) mass is 324 g/mol. The number of halogens is 1. The first kappa shape index (κ1) is 15.3. The first-order valence-corrected chi connectivity index (χ1v) is 7.82. The second-order valence-corrected chi connectivity index (χ2v) is 6.18. The predicted octanol–water partition coefficient (Wildman–Crippen LogP) is 2.66. The fraction of sp³-hybridized carbons (Fsp3) is 0.0714. The highest BCUT2D eigenvalue weighted by Gasteiger charge is 2.11. The van der Waals surface area contributed by atoms with Crippen LogP contribution in [-0.2, 0) is 10.0 Å². The quantitative estimate of drug-likeness (QED) is 0.679. The maximum absolute atomic E-state index is 11.9. The van der Waals surface area contributed by atoms with Crippen LogP contribution in [0.3, 0.4) is 0 Å². The van der Waals surface area contributed by atoms with Crippen molar-refractivity contribution in [2.45, 2.75) is 4.90 Å². The van der Waals surface area contributed by atoms with Gasteiger partial charge in [0.05, 0.1) is 18.2 Å². The average molecular weight is 325 g/mol. The topological polar surface area (TPSA) is 67.8 Å². The lowest BCUT2D eigenvalue weighted by Gasteiger charge is -2.03. The number of methoxy groups -OCH3 is 1. The normalized spacial score (nSPS) is 11.5. The molecule has 0 saturated carbocycles. The number of hydrogen-bond acceptors (Lipinski definition) is 4. The minimum Gasteiger partial charge on any atom is -0.497 e. The summed E-state index contributed by atoms with van der Waals surface area (Å²) in [5.41, 5.74) is 0.745. The molecule has 0 bridgehead atoms. The molecule has 0 fully saturated rings. The van der Waals surface area contributed by atoms with Crippen LogP contribution in [0, 0.1) is 0 Å². The molecular formula is C14H13ClN2O3S. The Kier molecular flexibility index (Phi) is 4.82. The molecule has 2 aromatic carbocycles. The van der Waals surface area contributed by atoms with Crippen molar-refractivity contribution in [2.75, 3.05) is 7.11 Å². The number of benzene rings is 2. The molecule has 0 atom stereocenters. The van der Waals surface area contributed by atoms with E-state index in [4.69, 9.17) is 16.3 Å². The summed E-state index contributed by atoms with van der Waals surface area (Å²) in [6, 6.07) is 12.9. The Hall–Kier alpha value is -2.05. The van der Waals surface area contributed by atoms with E-state index in [2.05, 4.69) is 9.93 Å². The SMILES string of the molecule is COc1ccc(/C=N\NS(=O)(=O)c2ccc(Cl)cc2)cc1. The van der Waals surface area contributed by atoms with Gasteiger partial charge in [-0.2, -0.15) is 13.5 Å². The van der Waals surface area contributed by atoms with Crippen molar-refractivity contribution in [3.8, 4) is 5.75 Å². The smallest absolute Gasteiger partial charge is 0.276 e. The molecule has 110 valence electrons. The molecule has 0 aliphatic rings. The summed E-state index contributed by atoms with van der Waals surface area (Å²) in [6.07, 6.45) is 1.41. The van der Waals surface area contributed by atoms with Crippen LogP contribution >= 0.6 is 11.6 Å². The van der Waals surface area contributed by atoms with Crippen LogP contribution in [0.5, 0.6) is 5.75 Å². The molecule has 0 unspecified atom stereocenters. The number of hydrogen-bond donors (Lipinski definition) is 1. The number of sulfonamides is 1. The molecule has 0 aromatic heterocycles. The van der Waals surface area contributed by atoms with E-state index >= 15 is 0 Å². The lowest BCUT2D eigenvalue weighted by molar-refractivity contribution is 0.415. The number of rotatable bonds is 5. The zero-order valence-electron chi connectivity index (χ0n) is 11.2. The first-order valence-electron chi connectivity index (χ1n) is 5.96. The third kappa shape index (κ3) is 4.21. The van der Waals surface area contributed by atoms with E-state index < -0.39 is 10.0 Å². The van der Waals surface area contributed by atoms with E-state index in [0.717, 1.165) is 5.56 Å². The molecule has 0 aliphatic carbocycles. The molecule has 0 aliphatic heterocycles. The fourth-order valence-electron chi connectivity index (χ4n) is 1.53. The van der Waals surface area contributed by atoms with Gasteiger partial charge in [0.15, 0.2) is 0 Å². The summed E-state index contributed by atoms with van der Waals surface area (Å²) < 4.78 is 28.9. The molecule has 7 heteroatoms. The van der Waals surface area contributed by atoms with E-state index in [9.17, 15) is 8.42 Å². The third-order valence-corrected chi connectivity index (χ3v) is 4.12. The van der Waals surface area contributed by atoms with Crippen molar-refractivity contribution in [2.24, 2.45) is 5.10 Å². The van der Waals surface area contributed by atoms with E-state index in [0.29, 0.717) is 10.8 Å². The summed E-state index contributed by atoms with van der Waals surface area (Å²) in [5.74, 6) is 0.717. The molecule has 1 N–H and O–H groups in total. The molecule has 0 heterocycles. The van der Waals surface area contributed by atoms with Crippen LogP contribution in [0.4, 0.5) is 0 Å². The summed E-state index contributed by atoms with van der Waals surface area (Å²) in [4.78, 5) is 2.24. The molecule has 0 spiro atoms. The van der Waals surface area contributed by atoms with Crippen molar-refractivity contribution in [3.05, 3.63) is 59.1 Å². The Morgan fingerprint density at radius 1 is 1.10 bits per heavy atom. The van der Waals surface area contributed by atoms with E-state index in [1.54, 1.807) is 31.4 Å². The van der Waals surface area contributed by atoms with Crippen LogP contribution in [-0.4, -0.2) is 21.7 Å². The van der Waals surface area contributed by atoms with Crippen molar-refractivity contribution in [1.82, 2.24) is 4.83 Å². The van der Waals surface area contributed by atoms with Crippen molar-refractivity contribution in [3.63, 3.8) is 0 Å². The number of hydrazone groups is 1. The van der Waals surface area contributed by atoms with Gasteiger partial charge in [-0.25, -0.2) is 4.83 Å². The van der Waals surface area contributed by atoms with Gasteiger partial charge in [-0.1, -0.05) is 11.6 Å². The molecule has 0 amide bonds. The number of nitrogens with one attached hydrogen (secondary N) is 1. The van der Waals surface area contributed by atoms with E-state index in [1.165, 1.54) is 30.5 Å². The predicted molar refractivity (Wildman–Crippen MR) is 82.4 cm³/mol. The van der Waals surface area contributed by atoms with E-state index in [1.807, 2.05) is 0 Å². The maximum Gasteiger partial charge on any atom is 0.276 e. The summed E-state index contributed by atoms with van der Waals surface area (Å²) >= 11 is 5.72. The number of ether oxygens (including phenoxy) is 1. The Bertz CT molecular complexity index is 726. The van der Waals surface area contributed by atoms with Gasteiger partial charge in [0.25, 0.3) is 10.0 Å². The van der Waals surface area contributed by atoms with Gasteiger partial charge in [-0.15, -0.1) is 0 Å². The zero-order chi connectivity index (χ0) is 15.3. The molecule has 0 saturated heterocycles. The fourth-order valence-corrected chi connectivity index (χ4v) is 2.44. The Balaban J connectivity index is 2.06. The van der Waals surface area contributed by atoms with Gasteiger partial charge in [0.1, 0.15) is 5.75 Å². The van der Waals surface area contributed by atoms with Crippen LogP contribution in [0.25, 0.3) is 0 Å². The molecule has 5 nitrogen and oxygen atoms in total. The van der Waals surface area contributed by atoms with Gasteiger partial charge in [-0.05, 0) is 54.1 Å². The Labute approximate surface area is 128 Å². The zero-order valence-corrected chi connectivity index (χ0v) is 12.7. The highest BCUT2D eigenvalue weighted by atomic mass is 35.5. The molecule has 0 radical (unpaired) electrons. The lowest BCUT2D eigenvalue weighted by atomic mass is 10.2. The van der Waals surface area contributed by atoms with Crippen molar-refractivity contribution < 1.29 is 13.2 Å². The van der Waals surface area contributed by atoms with Gasteiger partial charge >= 0.3 is 0 Å². The van der Waals surface area contributed by atoms with Crippen LogP contribution in [0.2, 0.25) is 5.02 Å². The van der Waals surface area contributed by atoms with Gasteiger partial charge in [0.2, 0.25) is 0 Å². The molecular weight excluding hydrogens is 312 g/mol. The van der Waals surface area contributed by atoms with Crippen LogP contribution < -0.4 is 9.57 Å². The average Bonchev–Trinajstić information content (AvgIpc) is 2.48. The summed E-state index contributed by atoms with van der Waals surface area (Å²) in [7, 11) is -2.12. The third-order valence-electron chi connectivity index (χ3n) is 2.63. The largest absolute Gasteiger partial charge is 0.497 e. The second-order valence-electron chi connectivity index (χ2n) is 4.08. The number of nitrogens with zero attached hydrogens (tertiary/aromatic N) is 1. The Morgan fingerprint density at radius 3 is 2.29 bits per heavy atom. The summed E-state index contributed by atoms with van der Waals surface area (Å²) in [6.45, 7) is 0. The molecule has 21 heavy (non-hydrogen) atoms. The Morgan fingerprint density at radius 2 is 1.71 bits per heavy atom. The molecule has 2 aromatic rings. The van der Waals surface area contributed by atoms with Gasteiger partial charge < -0.3 is 4.74 Å². The molecule has 2 rings (SSSR count). The van der Waals surface area contributed by atoms with Gasteiger partial charge in [0, 0.05) is 5.02 Å². The minimum absolute atomic E-state index is 0.0961. The second kappa shape index (κ2) is 6.60. The minimum atomic E-state index is -3.69. The maximum atomic E-state index is 11.9. The van der Waals surface area contributed by atoms with E-state index in [-0.39, 0.29) is 4.90 Å². The lowest BCUT2D eigenvalue weighted by Crippen LogP contribution is -2.18. The summed E-state index contributed by atoms with van der Waals surface area (Å²) in [5, 5.41) is 4.20. The standard InChI is InChI=1S/C14H13ClN2O3S/c1-20-13-6-2-11(3-7-13)10-16-17-21(18,19)14-8-4-12(15)5-9-14/h2-10,17H,1H3/b16-10-. The van der Waals surface area contributed by atoms with Crippen molar-refractivity contribution in [1.29, 1.82) is 0 Å². The highest BCUT2D eigenvalue weighted by Crippen LogP contribution is 2.14. The van der Waals surface area contributed by atoms with Crippen LogP contribution in [0.1, 0.15) is 5.56 Å². The highest BCUT2D eigenvalue weighted by molar-refractivity contribution is 7.89.